The maximum absolute atomic E-state index is 13.2. The lowest BCUT2D eigenvalue weighted by atomic mass is 10.00. The number of esters is 1. The Balaban J connectivity index is 1.53. The highest BCUT2D eigenvalue weighted by molar-refractivity contribution is 9.10. The van der Waals surface area contributed by atoms with Crippen molar-refractivity contribution in [1.29, 1.82) is 0 Å². The smallest absolute Gasteiger partial charge is 0.339 e. The molecule has 1 N–H and O–H groups in total. The molecule has 4 aromatic carbocycles. The number of carbonyl (C=O) groups excluding carboxylic acids is 2. The number of carbonyl (C=O) groups is 2. The van der Waals surface area contributed by atoms with Crippen LogP contribution in [0.1, 0.15) is 39.3 Å². The third kappa shape index (κ3) is 6.48. The van der Waals surface area contributed by atoms with Crippen molar-refractivity contribution in [1.82, 2.24) is 0 Å². The molecule has 0 spiro atoms. The Morgan fingerprint density at radius 2 is 1.47 bits per heavy atom. The van der Waals surface area contributed by atoms with Gasteiger partial charge in [-0.3, -0.25) is 9.52 Å². The van der Waals surface area contributed by atoms with E-state index in [4.69, 9.17) is 9.47 Å². The van der Waals surface area contributed by atoms with E-state index in [1.165, 1.54) is 30.3 Å². The SMILES string of the molecule is CCOc1ccc(Br)cc1S(=O)(=O)Nc1ccc(C(=O)OC(C(=O)c2ccccc2)c2ccccc2)cc1. The first-order valence-electron chi connectivity index (χ1n) is 11.7. The number of ketones is 1. The molecule has 0 bridgehead atoms. The summed E-state index contributed by atoms with van der Waals surface area (Å²) in [4.78, 5) is 26.2. The predicted molar refractivity (Wildman–Crippen MR) is 148 cm³/mol. The van der Waals surface area contributed by atoms with E-state index < -0.39 is 22.1 Å². The van der Waals surface area contributed by atoms with E-state index in [2.05, 4.69) is 20.7 Å². The van der Waals surface area contributed by atoms with Gasteiger partial charge in [0.2, 0.25) is 5.78 Å². The summed E-state index contributed by atoms with van der Waals surface area (Å²) in [5.41, 5.74) is 1.35. The maximum atomic E-state index is 13.2. The van der Waals surface area contributed by atoms with Crippen LogP contribution in [-0.4, -0.2) is 26.8 Å². The van der Waals surface area contributed by atoms with Gasteiger partial charge in [0.05, 0.1) is 12.2 Å². The third-order valence-electron chi connectivity index (χ3n) is 5.49. The Morgan fingerprint density at radius 1 is 0.842 bits per heavy atom. The Kier molecular flexibility index (Phi) is 8.60. The summed E-state index contributed by atoms with van der Waals surface area (Å²) in [7, 11) is -3.98. The average molecular weight is 594 g/mol. The number of hydrogen-bond acceptors (Lipinski definition) is 6. The third-order valence-corrected chi connectivity index (χ3v) is 7.39. The molecule has 4 aromatic rings. The predicted octanol–water partition coefficient (Wildman–Crippen LogP) is 6.43. The van der Waals surface area contributed by atoms with Crippen LogP contribution >= 0.6 is 15.9 Å². The van der Waals surface area contributed by atoms with E-state index in [9.17, 15) is 18.0 Å². The standard InChI is InChI=1S/C29H24BrNO6S/c1-2-36-25-18-15-23(30)19-26(25)38(34,35)31-24-16-13-22(14-17-24)29(33)37-28(21-11-7-4-8-12-21)27(32)20-9-5-3-6-10-20/h3-19,28,31H,2H2,1H3. The Hall–Kier alpha value is -3.95. The van der Waals surface area contributed by atoms with E-state index in [1.807, 2.05) is 0 Å². The fourth-order valence-electron chi connectivity index (χ4n) is 3.68. The first-order valence-corrected chi connectivity index (χ1v) is 14.0. The molecular formula is C29H24BrNO6S. The molecule has 194 valence electrons. The Bertz CT molecular complexity index is 1520. The molecule has 7 nitrogen and oxygen atoms in total. The lowest BCUT2D eigenvalue weighted by Crippen LogP contribution is -2.20. The van der Waals surface area contributed by atoms with Crippen LogP contribution in [-0.2, 0) is 14.8 Å². The molecule has 1 unspecified atom stereocenters. The molecule has 0 aromatic heterocycles. The van der Waals surface area contributed by atoms with E-state index in [-0.39, 0.29) is 27.7 Å². The number of nitrogens with one attached hydrogen (secondary N) is 1. The van der Waals surface area contributed by atoms with Crippen molar-refractivity contribution >= 4 is 43.4 Å². The van der Waals surface area contributed by atoms with Crippen molar-refractivity contribution < 1.29 is 27.5 Å². The fraction of sp³-hybridized carbons (Fsp3) is 0.103. The lowest BCUT2D eigenvalue weighted by molar-refractivity contribution is 0.0280. The van der Waals surface area contributed by atoms with Crippen LogP contribution in [0.4, 0.5) is 5.69 Å². The van der Waals surface area contributed by atoms with E-state index in [0.29, 0.717) is 22.2 Å². The summed E-state index contributed by atoms with van der Waals surface area (Å²) in [5, 5.41) is 0. The van der Waals surface area contributed by atoms with Crippen LogP contribution in [0.3, 0.4) is 0 Å². The van der Waals surface area contributed by atoms with Gasteiger partial charge >= 0.3 is 5.97 Å². The van der Waals surface area contributed by atoms with Gasteiger partial charge in [-0.15, -0.1) is 0 Å². The molecule has 1 atom stereocenters. The van der Waals surface area contributed by atoms with Gasteiger partial charge in [0, 0.05) is 21.3 Å². The number of hydrogen-bond donors (Lipinski definition) is 1. The van der Waals surface area contributed by atoms with Crippen LogP contribution < -0.4 is 9.46 Å². The second-order valence-corrected chi connectivity index (χ2v) is 10.7. The highest BCUT2D eigenvalue weighted by atomic mass is 79.9. The minimum Gasteiger partial charge on any atom is -0.492 e. The Labute approximate surface area is 229 Å². The van der Waals surface area contributed by atoms with Crippen LogP contribution in [0.25, 0.3) is 0 Å². The number of ether oxygens (including phenoxy) is 2. The van der Waals surface area contributed by atoms with Gasteiger partial charge < -0.3 is 9.47 Å². The molecule has 0 heterocycles. The molecule has 0 fully saturated rings. The van der Waals surface area contributed by atoms with Gasteiger partial charge in [0.25, 0.3) is 10.0 Å². The normalized spacial score (nSPS) is 11.8. The largest absolute Gasteiger partial charge is 0.492 e. The van der Waals surface area contributed by atoms with Gasteiger partial charge in [-0.1, -0.05) is 76.6 Å². The highest BCUT2D eigenvalue weighted by Crippen LogP contribution is 2.30. The van der Waals surface area contributed by atoms with E-state index >= 15 is 0 Å². The van der Waals surface area contributed by atoms with Gasteiger partial charge in [-0.05, 0) is 49.4 Å². The lowest BCUT2D eigenvalue weighted by Gasteiger charge is -2.18. The zero-order valence-electron chi connectivity index (χ0n) is 20.3. The molecule has 0 aliphatic heterocycles. The van der Waals surface area contributed by atoms with Crippen molar-refractivity contribution in [2.24, 2.45) is 0 Å². The average Bonchev–Trinajstić information content (AvgIpc) is 2.93. The first kappa shape index (κ1) is 27.1. The number of benzene rings is 4. The number of sulfonamides is 1. The maximum Gasteiger partial charge on any atom is 0.339 e. The van der Waals surface area contributed by atoms with Gasteiger partial charge in [-0.2, -0.15) is 0 Å². The van der Waals surface area contributed by atoms with Gasteiger partial charge in [0.1, 0.15) is 10.6 Å². The number of anilines is 1. The van der Waals surface area contributed by atoms with Crippen molar-refractivity contribution in [3.63, 3.8) is 0 Å². The summed E-state index contributed by atoms with van der Waals surface area (Å²) < 4.78 is 40.3. The second kappa shape index (κ2) is 12.1. The summed E-state index contributed by atoms with van der Waals surface area (Å²) >= 11 is 3.29. The van der Waals surface area contributed by atoms with Crippen LogP contribution in [0, 0.1) is 0 Å². The molecule has 0 aliphatic carbocycles. The van der Waals surface area contributed by atoms with Gasteiger partial charge in [-0.25, -0.2) is 13.2 Å². The van der Waals surface area contributed by atoms with Crippen molar-refractivity contribution in [3.8, 4) is 5.75 Å². The number of rotatable bonds is 10. The molecule has 38 heavy (non-hydrogen) atoms. The highest BCUT2D eigenvalue weighted by Gasteiger charge is 2.27. The van der Waals surface area contributed by atoms with Crippen LogP contribution in [0.15, 0.2) is 112 Å². The minimum atomic E-state index is -3.98. The molecule has 0 amide bonds. The monoisotopic (exact) mass is 593 g/mol. The summed E-state index contributed by atoms with van der Waals surface area (Å²) in [5.74, 6) is -0.852. The second-order valence-electron chi connectivity index (χ2n) is 8.13. The zero-order chi connectivity index (χ0) is 27.1. The Morgan fingerprint density at radius 3 is 2.11 bits per heavy atom. The summed E-state index contributed by atoms with van der Waals surface area (Å²) in [6.07, 6.45) is -1.14. The minimum absolute atomic E-state index is 0.0256. The molecule has 0 saturated carbocycles. The zero-order valence-corrected chi connectivity index (χ0v) is 22.7. The number of halogens is 1. The molecule has 9 heteroatoms. The molecule has 0 saturated heterocycles. The fourth-order valence-corrected chi connectivity index (χ4v) is 5.42. The first-order chi connectivity index (χ1) is 18.3. The molecule has 0 radical (unpaired) electrons. The van der Waals surface area contributed by atoms with Crippen molar-refractivity contribution in [3.05, 3.63) is 124 Å². The molecule has 0 aliphatic rings. The summed E-state index contributed by atoms with van der Waals surface area (Å²) in [6.45, 7) is 2.07. The summed E-state index contributed by atoms with van der Waals surface area (Å²) in [6, 6.07) is 27.8. The van der Waals surface area contributed by atoms with E-state index in [0.717, 1.165) is 0 Å². The van der Waals surface area contributed by atoms with Crippen LogP contribution in [0.5, 0.6) is 5.75 Å². The number of Topliss-reactive ketones (excluding diaryl/α,β-unsaturated/α-hetero) is 1. The van der Waals surface area contributed by atoms with Crippen molar-refractivity contribution in [2.45, 2.75) is 17.9 Å². The van der Waals surface area contributed by atoms with E-state index in [1.54, 1.807) is 79.7 Å². The topological polar surface area (TPSA) is 98.8 Å². The van der Waals surface area contributed by atoms with Crippen LogP contribution in [0.2, 0.25) is 0 Å². The van der Waals surface area contributed by atoms with Gasteiger partial charge in [0.15, 0.2) is 6.10 Å². The van der Waals surface area contributed by atoms with Crippen molar-refractivity contribution in [2.75, 3.05) is 11.3 Å². The molecular weight excluding hydrogens is 570 g/mol. The quantitative estimate of drug-likeness (QED) is 0.168. The molecule has 4 rings (SSSR count).